The van der Waals surface area contributed by atoms with Crippen molar-refractivity contribution in [3.63, 3.8) is 0 Å². The minimum atomic E-state index is -0.0763. The van der Waals surface area contributed by atoms with Crippen LogP contribution in [-0.4, -0.2) is 29.2 Å². The Labute approximate surface area is 103 Å². The van der Waals surface area contributed by atoms with Crippen molar-refractivity contribution in [1.82, 2.24) is 4.90 Å². The molecule has 0 aliphatic heterocycles. The summed E-state index contributed by atoms with van der Waals surface area (Å²) < 4.78 is 0. The monoisotopic (exact) mass is 229 g/mol. The van der Waals surface area contributed by atoms with E-state index < -0.39 is 0 Å². The van der Waals surface area contributed by atoms with E-state index in [1.165, 1.54) is 18.4 Å². The van der Waals surface area contributed by atoms with Crippen LogP contribution in [0.25, 0.3) is 0 Å². The van der Waals surface area contributed by atoms with Crippen molar-refractivity contribution in [2.45, 2.75) is 32.4 Å². The van der Waals surface area contributed by atoms with Gasteiger partial charge < -0.3 is 5.11 Å². The zero-order chi connectivity index (χ0) is 12.1. The van der Waals surface area contributed by atoms with Crippen LogP contribution in [0.4, 0.5) is 0 Å². The number of nitrogens with zero attached hydrogens (tertiary/aromatic N) is 1. The van der Waals surface area contributed by atoms with Gasteiger partial charge in [-0.1, -0.05) is 30.9 Å². The molecule has 1 saturated carbocycles. The Kier molecular flexibility index (Phi) is 4.19. The van der Waals surface area contributed by atoms with E-state index in [2.05, 4.69) is 35.8 Å². The first-order valence-corrected chi connectivity index (χ1v) is 6.26. The molecule has 0 heterocycles. The summed E-state index contributed by atoms with van der Waals surface area (Å²) in [6.07, 6.45) is 2.71. The van der Waals surface area contributed by atoms with Crippen molar-refractivity contribution >= 4 is 0 Å². The van der Waals surface area contributed by atoms with E-state index in [1.807, 2.05) is 12.1 Å². The number of aliphatic hydroxyl groups excluding tert-OH is 1. The second-order valence-electron chi connectivity index (χ2n) is 4.45. The molecule has 1 aromatic carbocycles. The first-order chi connectivity index (χ1) is 8.33. The summed E-state index contributed by atoms with van der Waals surface area (Å²) in [5.41, 5.74) is 2.31. The minimum Gasteiger partial charge on any atom is -0.384 e. The summed E-state index contributed by atoms with van der Waals surface area (Å²) in [7, 11) is 0. The number of rotatable bonds is 4. The number of benzene rings is 1. The Bertz CT molecular complexity index is 409. The molecule has 0 spiro atoms. The van der Waals surface area contributed by atoms with Gasteiger partial charge in [-0.25, -0.2) is 0 Å². The maximum Gasteiger partial charge on any atom is 0.104 e. The zero-order valence-electron chi connectivity index (χ0n) is 10.3. The molecule has 2 rings (SSSR count). The third kappa shape index (κ3) is 3.59. The minimum absolute atomic E-state index is 0.0763. The molecular formula is C15H19NO. The predicted molar refractivity (Wildman–Crippen MR) is 69.5 cm³/mol. The predicted octanol–water partition coefficient (Wildman–Crippen LogP) is 2.01. The molecule has 0 amide bonds. The Balaban J connectivity index is 1.97. The fraction of sp³-hybridized carbons (Fsp3) is 0.467. The van der Waals surface area contributed by atoms with Gasteiger partial charge in [-0.3, -0.25) is 4.90 Å². The van der Waals surface area contributed by atoms with Gasteiger partial charge in [-0.2, -0.15) is 0 Å². The van der Waals surface area contributed by atoms with Crippen molar-refractivity contribution < 1.29 is 5.11 Å². The Morgan fingerprint density at radius 3 is 2.53 bits per heavy atom. The topological polar surface area (TPSA) is 23.5 Å². The van der Waals surface area contributed by atoms with Gasteiger partial charge in [0.25, 0.3) is 0 Å². The second-order valence-corrected chi connectivity index (χ2v) is 4.45. The molecule has 2 heteroatoms. The summed E-state index contributed by atoms with van der Waals surface area (Å²) in [6, 6.07) is 9.13. The Hall–Kier alpha value is -1.30. The molecule has 1 fully saturated rings. The van der Waals surface area contributed by atoms with E-state index in [-0.39, 0.29) is 6.61 Å². The van der Waals surface area contributed by atoms with Gasteiger partial charge in [0.1, 0.15) is 6.61 Å². The van der Waals surface area contributed by atoms with Crippen molar-refractivity contribution in [3.8, 4) is 11.8 Å². The molecule has 17 heavy (non-hydrogen) atoms. The van der Waals surface area contributed by atoms with Gasteiger partial charge >= 0.3 is 0 Å². The van der Waals surface area contributed by atoms with Crippen LogP contribution in [-0.2, 0) is 6.54 Å². The molecule has 0 saturated heterocycles. The number of aliphatic hydroxyl groups is 1. The molecule has 0 bridgehead atoms. The lowest BCUT2D eigenvalue weighted by Gasteiger charge is -2.19. The average molecular weight is 229 g/mol. The second kappa shape index (κ2) is 5.86. The Morgan fingerprint density at radius 1 is 1.29 bits per heavy atom. The van der Waals surface area contributed by atoms with Crippen LogP contribution in [0.1, 0.15) is 30.9 Å². The molecule has 90 valence electrons. The van der Waals surface area contributed by atoms with E-state index in [1.54, 1.807) is 0 Å². The first-order valence-electron chi connectivity index (χ1n) is 6.26. The van der Waals surface area contributed by atoms with Gasteiger partial charge in [0.2, 0.25) is 0 Å². The van der Waals surface area contributed by atoms with Crippen molar-refractivity contribution in [3.05, 3.63) is 35.4 Å². The standard InChI is InChI=1S/C15H19NO/c1-2-16(15-9-10-15)12-14-7-5-13(6-8-14)4-3-11-17/h5-8,15,17H,2,9-12H2,1H3. The molecule has 0 radical (unpaired) electrons. The highest BCUT2D eigenvalue weighted by Crippen LogP contribution is 2.27. The molecule has 1 N–H and O–H groups in total. The average Bonchev–Trinajstić information content (AvgIpc) is 3.19. The van der Waals surface area contributed by atoms with Crippen molar-refractivity contribution in [2.75, 3.05) is 13.2 Å². The maximum atomic E-state index is 8.62. The van der Waals surface area contributed by atoms with Gasteiger partial charge in [-0.05, 0) is 37.1 Å². The molecule has 1 aliphatic rings. The molecule has 0 aromatic heterocycles. The fourth-order valence-corrected chi connectivity index (χ4v) is 2.01. The molecule has 1 aromatic rings. The molecular weight excluding hydrogens is 210 g/mol. The Morgan fingerprint density at radius 2 is 2.00 bits per heavy atom. The van der Waals surface area contributed by atoms with Gasteiger partial charge in [0.15, 0.2) is 0 Å². The lowest BCUT2D eigenvalue weighted by atomic mass is 10.1. The number of hydrogen-bond donors (Lipinski definition) is 1. The van der Waals surface area contributed by atoms with E-state index in [0.29, 0.717) is 0 Å². The molecule has 1 aliphatic carbocycles. The van der Waals surface area contributed by atoms with Crippen LogP contribution in [0.3, 0.4) is 0 Å². The summed E-state index contributed by atoms with van der Waals surface area (Å²) >= 11 is 0. The van der Waals surface area contributed by atoms with Crippen LogP contribution in [0, 0.1) is 11.8 Å². The molecule has 0 atom stereocenters. The fourth-order valence-electron chi connectivity index (χ4n) is 2.01. The van der Waals surface area contributed by atoms with E-state index >= 15 is 0 Å². The van der Waals surface area contributed by atoms with Crippen LogP contribution >= 0.6 is 0 Å². The van der Waals surface area contributed by atoms with Gasteiger partial charge in [0, 0.05) is 18.2 Å². The zero-order valence-corrected chi connectivity index (χ0v) is 10.3. The SMILES string of the molecule is CCN(Cc1ccc(C#CCO)cc1)C1CC1. The smallest absolute Gasteiger partial charge is 0.104 e. The van der Waals surface area contributed by atoms with Gasteiger partial charge in [0.05, 0.1) is 0 Å². The third-order valence-corrected chi connectivity index (χ3v) is 3.12. The third-order valence-electron chi connectivity index (χ3n) is 3.12. The highest BCUT2D eigenvalue weighted by molar-refractivity contribution is 5.36. The maximum absolute atomic E-state index is 8.62. The van der Waals surface area contributed by atoms with Crippen LogP contribution in [0.5, 0.6) is 0 Å². The molecule has 2 nitrogen and oxygen atoms in total. The lowest BCUT2D eigenvalue weighted by Crippen LogP contribution is -2.24. The van der Waals surface area contributed by atoms with Gasteiger partial charge in [-0.15, -0.1) is 0 Å². The van der Waals surface area contributed by atoms with E-state index in [0.717, 1.165) is 24.7 Å². The quantitative estimate of drug-likeness (QED) is 0.798. The largest absolute Gasteiger partial charge is 0.384 e. The highest BCUT2D eigenvalue weighted by atomic mass is 16.2. The van der Waals surface area contributed by atoms with Crippen LogP contribution in [0.15, 0.2) is 24.3 Å². The van der Waals surface area contributed by atoms with Crippen LogP contribution in [0.2, 0.25) is 0 Å². The summed E-state index contributed by atoms with van der Waals surface area (Å²) in [5.74, 6) is 5.57. The van der Waals surface area contributed by atoms with Crippen molar-refractivity contribution in [1.29, 1.82) is 0 Å². The van der Waals surface area contributed by atoms with Crippen LogP contribution < -0.4 is 0 Å². The molecule has 0 unspecified atom stereocenters. The van der Waals surface area contributed by atoms with E-state index in [4.69, 9.17) is 5.11 Å². The van der Waals surface area contributed by atoms with Crippen molar-refractivity contribution in [2.24, 2.45) is 0 Å². The lowest BCUT2D eigenvalue weighted by molar-refractivity contribution is 0.269. The van der Waals surface area contributed by atoms with E-state index in [9.17, 15) is 0 Å². The highest BCUT2D eigenvalue weighted by Gasteiger charge is 2.27. The number of hydrogen-bond acceptors (Lipinski definition) is 2. The summed E-state index contributed by atoms with van der Waals surface area (Å²) in [4.78, 5) is 2.52. The summed E-state index contributed by atoms with van der Waals surface area (Å²) in [5, 5.41) is 8.62. The summed E-state index contributed by atoms with van der Waals surface area (Å²) in [6.45, 7) is 4.30. The first kappa shape index (κ1) is 12.2. The normalized spacial score (nSPS) is 14.5.